The van der Waals surface area contributed by atoms with E-state index in [1.165, 1.54) is 5.56 Å². The van der Waals surface area contributed by atoms with Crippen molar-refractivity contribution in [2.75, 3.05) is 24.5 Å². The number of nitriles is 2. The van der Waals surface area contributed by atoms with Crippen LogP contribution in [0.15, 0.2) is 54.6 Å². The molecule has 2 heterocycles. The molecule has 1 aromatic heterocycles. The number of benzene rings is 2. The van der Waals surface area contributed by atoms with Crippen LogP contribution in [-0.4, -0.2) is 35.6 Å². The Labute approximate surface area is 169 Å². The molecule has 5 nitrogen and oxygen atoms in total. The topological polar surface area (TPSA) is 67.0 Å². The zero-order valence-electron chi connectivity index (χ0n) is 15.2. The van der Waals surface area contributed by atoms with Crippen LogP contribution in [0.4, 0.5) is 5.82 Å². The minimum atomic E-state index is -0.234. The molecule has 0 N–H and O–H groups in total. The van der Waals surface area contributed by atoms with Crippen LogP contribution in [0, 0.1) is 22.7 Å². The van der Waals surface area contributed by atoms with E-state index in [2.05, 4.69) is 34.1 Å². The molecule has 1 fully saturated rings. The Morgan fingerprint density at radius 2 is 1.89 bits per heavy atom. The molecule has 0 bridgehead atoms. The maximum atomic E-state index is 9.70. The number of nitrogens with zero attached hydrogens (tertiary/aromatic N) is 5. The highest BCUT2D eigenvalue weighted by Gasteiger charge is 2.28. The summed E-state index contributed by atoms with van der Waals surface area (Å²) in [6, 6.07) is 21.8. The smallest absolute Gasteiger partial charge is 0.130 e. The van der Waals surface area contributed by atoms with Gasteiger partial charge in [0.05, 0.1) is 23.2 Å². The molecule has 6 heteroatoms. The second kappa shape index (κ2) is 7.86. The van der Waals surface area contributed by atoms with Crippen LogP contribution in [0.25, 0.3) is 10.9 Å². The highest BCUT2D eigenvalue weighted by Crippen LogP contribution is 2.27. The Morgan fingerprint density at radius 1 is 1.07 bits per heavy atom. The molecule has 2 aromatic carbocycles. The van der Waals surface area contributed by atoms with Gasteiger partial charge in [0.1, 0.15) is 11.9 Å². The van der Waals surface area contributed by atoms with E-state index in [0.29, 0.717) is 17.1 Å². The van der Waals surface area contributed by atoms with Crippen molar-refractivity contribution in [3.8, 4) is 12.1 Å². The fraction of sp³-hybridized carbons (Fsp3) is 0.227. The van der Waals surface area contributed by atoms with E-state index in [9.17, 15) is 10.5 Å². The number of halogens is 1. The third-order valence-corrected chi connectivity index (χ3v) is 5.31. The van der Waals surface area contributed by atoms with Gasteiger partial charge >= 0.3 is 0 Å². The molecule has 0 amide bonds. The SMILES string of the molecule is N#Cc1cc(N2CCN(Cc3ccccc3)C(C#N)C2)nc2ccc(Cl)cc12. The number of rotatable bonds is 3. The van der Waals surface area contributed by atoms with Gasteiger partial charge in [0.25, 0.3) is 0 Å². The molecule has 28 heavy (non-hydrogen) atoms. The second-order valence-electron chi connectivity index (χ2n) is 6.85. The maximum absolute atomic E-state index is 9.70. The normalized spacial score (nSPS) is 17.2. The van der Waals surface area contributed by atoms with E-state index in [0.717, 1.165) is 36.4 Å². The lowest BCUT2D eigenvalue weighted by Gasteiger charge is -2.39. The highest BCUT2D eigenvalue weighted by atomic mass is 35.5. The molecule has 0 aliphatic carbocycles. The molecule has 0 radical (unpaired) electrons. The monoisotopic (exact) mass is 387 g/mol. The van der Waals surface area contributed by atoms with E-state index >= 15 is 0 Å². The molecular formula is C22H18ClN5. The summed E-state index contributed by atoms with van der Waals surface area (Å²) in [5, 5.41) is 20.6. The minimum absolute atomic E-state index is 0.234. The van der Waals surface area contributed by atoms with Crippen LogP contribution in [-0.2, 0) is 6.54 Å². The summed E-state index contributed by atoms with van der Waals surface area (Å²) in [7, 11) is 0. The van der Waals surface area contributed by atoms with Gasteiger partial charge in [-0.1, -0.05) is 41.9 Å². The highest BCUT2D eigenvalue weighted by molar-refractivity contribution is 6.31. The van der Waals surface area contributed by atoms with Crippen LogP contribution < -0.4 is 4.90 Å². The minimum Gasteiger partial charge on any atom is -0.353 e. The van der Waals surface area contributed by atoms with Gasteiger partial charge in [0.2, 0.25) is 0 Å². The lowest BCUT2D eigenvalue weighted by molar-refractivity contribution is 0.205. The standard InChI is InChI=1S/C22H18ClN5/c23-18-6-7-21-20(11-18)17(12-24)10-22(26-21)28-9-8-27(19(13-25)15-28)14-16-4-2-1-3-5-16/h1-7,10-11,19H,8-9,14-15H2. The molecule has 1 aliphatic rings. The van der Waals surface area contributed by atoms with Crippen molar-refractivity contribution < 1.29 is 0 Å². The average Bonchev–Trinajstić information content (AvgIpc) is 2.74. The molecule has 0 spiro atoms. The summed E-state index contributed by atoms with van der Waals surface area (Å²) in [6.07, 6.45) is 0. The zero-order valence-corrected chi connectivity index (χ0v) is 16.0. The van der Waals surface area contributed by atoms with Crippen molar-refractivity contribution in [2.24, 2.45) is 0 Å². The number of hydrogen-bond donors (Lipinski definition) is 0. The van der Waals surface area contributed by atoms with E-state index in [4.69, 9.17) is 16.6 Å². The Balaban J connectivity index is 1.59. The number of aromatic nitrogens is 1. The second-order valence-corrected chi connectivity index (χ2v) is 7.28. The number of hydrogen-bond acceptors (Lipinski definition) is 5. The van der Waals surface area contributed by atoms with Gasteiger partial charge in [-0.3, -0.25) is 4.90 Å². The van der Waals surface area contributed by atoms with E-state index in [-0.39, 0.29) is 6.04 Å². The zero-order chi connectivity index (χ0) is 19.5. The Morgan fingerprint density at radius 3 is 2.64 bits per heavy atom. The van der Waals surface area contributed by atoms with Crippen LogP contribution in [0.1, 0.15) is 11.1 Å². The van der Waals surface area contributed by atoms with E-state index < -0.39 is 0 Å². The first-order chi connectivity index (χ1) is 13.7. The summed E-state index contributed by atoms with van der Waals surface area (Å²) in [4.78, 5) is 8.99. The van der Waals surface area contributed by atoms with Crippen molar-refractivity contribution >= 4 is 28.3 Å². The molecule has 138 valence electrons. The predicted octanol–water partition coefficient (Wildman–Crippen LogP) is 3.97. The summed E-state index contributed by atoms with van der Waals surface area (Å²) in [5.41, 5.74) is 2.48. The summed E-state index contributed by atoms with van der Waals surface area (Å²) < 4.78 is 0. The molecule has 0 saturated carbocycles. The number of pyridine rings is 1. The lowest BCUT2D eigenvalue weighted by Crippen LogP contribution is -2.52. The Hall–Kier alpha value is -3.12. The number of fused-ring (bicyclic) bond motifs is 1. The lowest BCUT2D eigenvalue weighted by atomic mass is 10.1. The molecule has 1 saturated heterocycles. The van der Waals surface area contributed by atoms with Gasteiger partial charge in [-0.05, 0) is 29.8 Å². The average molecular weight is 388 g/mol. The number of piperazine rings is 1. The van der Waals surface area contributed by atoms with Crippen molar-refractivity contribution in [2.45, 2.75) is 12.6 Å². The van der Waals surface area contributed by atoms with Gasteiger partial charge in [0, 0.05) is 36.6 Å². The van der Waals surface area contributed by atoms with Gasteiger partial charge in [-0.15, -0.1) is 0 Å². The predicted molar refractivity (Wildman–Crippen MR) is 110 cm³/mol. The first-order valence-corrected chi connectivity index (χ1v) is 9.48. The Kier molecular flexibility index (Phi) is 5.12. The maximum Gasteiger partial charge on any atom is 0.130 e. The van der Waals surface area contributed by atoms with Gasteiger partial charge in [-0.2, -0.15) is 10.5 Å². The molecule has 1 unspecified atom stereocenters. The first-order valence-electron chi connectivity index (χ1n) is 9.11. The van der Waals surface area contributed by atoms with Gasteiger partial charge < -0.3 is 4.90 Å². The fourth-order valence-corrected chi connectivity index (χ4v) is 3.77. The molecular weight excluding hydrogens is 370 g/mol. The van der Waals surface area contributed by atoms with Crippen molar-refractivity contribution in [3.63, 3.8) is 0 Å². The summed E-state index contributed by atoms with van der Waals surface area (Å²) in [6.45, 7) is 2.82. The van der Waals surface area contributed by atoms with Crippen molar-refractivity contribution in [1.82, 2.24) is 9.88 Å². The third-order valence-electron chi connectivity index (χ3n) is 5.07. The van der Waals surface area contributed by atoms with Crippen molar-refractivity contribution in [3.05, 3.63) is 70.7 Å². The van der Waals surface area contributed by atoms with Gasteiger partial charge in [-0.25, -0.2) is 4.98 Å². The van der Waals surface area contributed by atoms with E-state index in [1.807, 2.05) is 24.3 Å². The molecule has 1 aliphatic heterocycles. The molecule has 3 aromatic rings. The number of anilines is 1. The Bertz CT molecular complexity index is 1080. The summed E-state index contributed by atoms with van der Waals surface area (Å²) in [5.74, 6) is 0.728. The summed E-state index contributed by atoms with van der Waals surface area (Å²) >= 11 is 6.07. The van der Waals surface area contributed by atoms with Crippen LogP contribution >= 0.6 is 11.6 Å². The third kappa shape index (κ3) is 3.64. The fourth-order valence-electron chi connectivity index (χ4n) is 3.60. The largest absolute Gasteiger partial charge is 0.353 e. The quantitative estimate of drug-likeness (QED) is 0.680. The van der Waals surface area contributed by atoms with Crippen LogP contribution in [0.5, 0.6) is 0 Å². The molecule has 4 rings (SSSR count). The molecule has 1 atom stereocenters. The van der Waals surface area contributed by atoms with Crippen molar-refractivity contribution in [1.29, 1.82) is 10.5 Å². The first kappa shape index (κ1) is 18.3. The van der Waals surface area contributed by atoms with E-state index in [1.54, 1.807) is 18.2 Å². The van der Waals surface area contributed by atoms with Crippen LogP contribution in [0.2, 0.25) is 5.02 Å². The van der Waals surface area contributed by atoms with Crippen LogP contribution in [0.3, 0.4) is 0 Å². The van der Waals surface area contributed by atoms with Gasteiger partial charge in [0.15, 0.2) is 0 Å².